The second-order valence-corrected chi connectivity index (χ2v) is 4.09. The maximum Gasteiger partial charge on any atom is 0.220 e. The lowest BCUT2D eigenvalue weighted by Gasteiger charge is -2.11. The van der Waals surface area contributed by atoms with Gasteiger partial charge in [0.25, 0.3) is 0 Å². The van der Waals surface area contributed by atoms with Crippen molar-refractivity contribution >= 4 is 5.91 Å². The van der Waals surface area contributed by atoms with Crippen LogP contribution in [0, 0.1) is 6.92 Å². The van der Waals surface area contributed by atoms with Crippen LogP contribution < -0.4 is 5.32 Å². The number of benzene rings is 1. The monoisotopic (exact) mass is 221 g/mol. The fraction of sp³-hybridized carbons (Fsp3) is 0.462. The van der Waals surface area contributed by atoms with Gasteiger partial charge in [-0.1, -0.05) is 36.8 Å². The first kappa shape index (κ1) is 12.7. The number of aryl methyl sites for hydroxylation is 1. The zero-order valence-corrected chi connectivity index (χ0v) is 9.86. The molecule has 1 amide bonds. The number of carbonyl (C=O) groups excluding carboxylic acids is 1. The molecule has 1 aromatic rings. The molecule has 0 fully saturated rings. The Hall–Kier alpha value is -1.35. The molecule has 0 aromatic heterocycles. The Labute approximate surface area is 96.5 Å². The van der Waals surface area contributed by atoms with Gasteiger partial charge >= 0.3 is 0 Å². The quantitative estimate of drug-likeness (QED) is 0.793. The van der Waals surface area contributed by atoms with Crippen LogP contribution in [-0.4, -0.2) is 24.2 Å². The summed E-state index contributed by atoms with van der Waals surface area (Å²) < 4.78 is 0. The Morgan fingerprint density at radius 3 is 2.56 bits per heavy atom. The normalized spacial score (nSPS) is 12.2. The SMILES string of the molecule is Cc1ccc(C(C)CC(=O)NCCO)cc1. The molecule has 0 radical (unpaired) electrons. The Kier molecular flexibility index (Phi) is 4.99. The fourth-order valence-corrected chi connectivity index (χ4v) is 1.56. The second kappa shape index (κ2) is 6.28. The Balaban J connectivity index is 2.48. The summed E-state index contributed by atoms with van der Waals surface area (Å²) in [6.45, 7) is 4.40. The van der Waals surface area contributed by atoms with E-state index in [2.05, 4.69) is 29.6 Å². The predicted molar refractivity (Wildman–Crippen MR) is 64.3 cm³/mol. The van der Waals surface area contributed by atoms with Gasteiger partial charge in [-0.15, -0.1) is 0 Å². The topological polar surface area (TPSA) is 49.3 Å². The van der Waals surface area contributed by atoms with Crippen molar-refractivity contribution in [2.24, 2.45) is 0 Å². The van der Waals surface area contributed by atoms with Gasteiger partial charge < -0.3 is 10.4 Å². The maximum absolute atomic E-state index is 11.4. The van der Waals surface area contributed by atoms with Gasteiger partial charge in [0.05, 0.1) is 6.61 Å². The molecule has 1 atom stereocenters. The number of hydrogen-bond acceptors (Lipinski definition) is 2. The van der Waals surface area contributed by atoms with E-state index in [1.54, 1.807) is 0 Å². The predicted octanol–water partition coefficient (Wildman–Crippen LogP) is 1.60. The van der Waals surface area contributed by atoms with Gasteiger partial charge in [0, 0.05) is 13.0 Å². The van der Waals surface area contributed by atoms with Gasteiger partial charge in [0.2, 0.25) is 5.91 Å². The van der Waals surface area contributed by atoms with Crippen LogP contribution >= 0.6 is 0 Å². The Bertz CT molecular complexity index is 332. The molecule has 0 spiro atoms. The number of aliphatic hydroxyl groups is 1. The van der Waals surface area contributed by atoms with Crippen molar-refractivity contribution in [3.63, 3.8) is 0 Å². The van der Waals surface area contributed by atoms with E-state index in [9.17, 15) is 4.79 Å². The molecule has 0 bridgehead atoms. The highest BCUT2D eigenvalue weighted by Crippen LogP contribution is 2.18. The number of carbonyl (C=O) groups is 1. The average molecular weight is 221 g/mol. The van der Waals surface area contributed by atoms with Crippen molar-refractivity contribution in [3.8, 4) is 0 Å². The van der Waals surface area contributed by atoms with E-state index in [0.717, 1.165) is 0 Å². The molecule has 0 aliphatic carbocycles. The minimum atomic E-state index is -0.0119. The van der Waals surface area contributed by atoms with Gasteiger partial charge in [0.15, 0.2) is 0 Å². The van der Waals surface area contributed by atoms with Crippen molar-refractivity contribution in [1.29, 1.82) is 0 Å². The first-order chi connectivity index (χ1) is 7.63. The summed E-state index contributed by atoms with van der Waals surface area (Å²) in [5, 5.41) is 11.2. The lowest BCUT2D eigenvalue weighted by molar-refractivity contribution is -0.121. The average Bonchev–Trinajstić information content (AvgIpc) is 2.27. The summed E-state index contributed by atoms with van der Waals surface area (Å²) in [7, 11) is 0. The molecule has 3 heteroatoms. The van der Waals surface area contributed by atoms with Crippen molar-refractivity contribution in [2.45, 2.75) is 26.2 Å². The zero-order valence-electron chi connectivity index (χ0n) is 9.86. The molecular weight excluding hydrogens is 202 g/mol. The molecule has 2 N–H and O–H groups in total. The first-order valence-corrected chi connectivity index (χ1v) is 5.57. The molecule has 0 saturated heterocycles. The van der Waals surface area contributed by atoms with Crippen LogP contribution in [0.3, 0.4) is 0 Å². The minimum absolute atomic E-state index is 0.00927. The third-order valence-corrected chi connectivity index (χ3v) is 2.57. The van der Waals surface area contributed by atoms with Gasteiger partial charge in [-0.3, -0.25) is 4.79 Å². The van der Waals surface area contributed by atoms with E-state index >= 15 is 0 Å². The molecule has 0 heterocycles. The van der Waals surface area contributed by atoms with Crippen molar-refractivity contribution < 1.29 is 9.90 Å². The highest BCUT2D eigenvalue weighted by Gasteiger charge is 2.10. The molecular formula is C13H19NO2. The van der Waals surface area contributed by atoms with Crippen LogP contribution in [-0.2, 0) is 4.79 Å². The lowest BCUT2D eigenvalue weighted by Crippen LogP contribution is -2.27. The molecule has 0 aliphatic heterocycles. The van der Waals surface area contributed by atoms with E-state index in [-0.39, 0.29) is 18.4 Å². The lowest BCUT2D eigenvalue weighted by atomic mass is 9.96. The van der Waals surface area contributed by atoms with E-state index < -0.39 is 0 Å². The van der Waals surface area contributed by atoms with Crippen molar-refractivity contribution in [2.75, 3.05) is 13.2 Å². The summed E-state index contributed by atoms with van der Waals surface area (Å²) in [4.78, 5) is 11.4. The van der Waals surface area contributed by atoms with Gasteiger partial charge in [-0.2, -0.15) is 0 Å². The summed E-state index contributed by atoms with van der Waals surface area (Å²) in [6, 6.07) is 8.22. The zero-order chi connectivity index (χ0) is 12.0. The van der Waals surface area contributed by atoms with Gasteiger partial charge in [-0.25, -0.2) is 0 Å². The third kappa shape index (κ3) is 4.03. The van der Waals surface area contributed by atoms with Gasteiger partial charge in [0.1, 0.15) is 0 Å². The van der Waals surface area contributed by atoms with E-state index in [0.29, 0.717) is 13.0 Å². The number of rotatable bonds is 5. The van der Waals surface area contributed by atoms with Crippen LogP contribution in [0.25, 0.3) is 0 Å². The highest BCUT2D eigenvalue weighted by atomic mass is 16.3. The molecule has 1 unspecified atom stereocenters. The Morgan fingerprint density at radius 2 is 2.00 bits per heavy atom. The second-order valence-electron chi connectivity index (χ2n) is 4.09. The fourth-order valence-electron chi connectivity index (χ4n) is 1.56. The van der Waals surface area contributed by atoms with Crippen LogP contribution in [0.2, 0.25) is 0 Å². The summed E-state index contributed by atoms with van der Waals surface area (Å²) >= 11 is 0. The van der Waals surface area contributed by atoms with Crippen molar-refractivity contribution in [3.05, 3.63) is 35.4 Å². The molecule has 16 heavy (non-hydrogen) atoms. The summed E-state index contributed by atoms with van der Waals surface area (Å²) in [5.41, 5.74) is 2.39. The first-order valence-electron chi connectivity index (χ1n) is 5.57. The van der Waals surface area contributed by atoms with Gasteiger partial charge in [-0.05, 0) is 18.4 Å². The maximum atomic E-state index is 11.4. The molecule has 0 saturated carbocycles. The number of nitrogens with one attached hydrogen (secondary N) is 1. The largest absolute Gasteiger partial charge is 0.395 e. The molecule has 1 aromatic carbocycles. The molecule has 1 rings (SSSR count). The van der Waals surface area contributed by atoms with Crippen LogP contribution in [0.5, 0.6) is 0 Å². The third-order valence-electron chi connectivity index (χ3n) is 2.57. The van der Waals surface area contributed by atoms with E-state index in [1.807, 2.05) is 13.8 Å². The molecule has 88 valence electrons. The summed E-state index contributed by atoms with van der Waals surface area (Å²) in [6.07, 6.45) is 0.461. The highest BCUT2D eigenvalue weighted by molar-refractivity contribution is 5.76. The standard InChI is InChI=1S/C13H19NO2/c1-10-3-5-12(6-4-10)11(2)9-13(16)14-7-8-15/h3-6,11,15H,7-9H2,1-2H3,(H,14,16). The molecule has 3 nitrogen and oxygen atoms in total. The number of amides is 1. The van der Waals surface area contributed by atoms with Crippen LogP contribution in [0.4, 0.5) is 0 Å². The number of aliphatic hydroxyl groups excluding tert-OH is 1. The smallest absolute Gasteiger partial charge is 0.220 e. The molecule has 0 aliphatic rings. The van der Waals surface area contributed by atoms with Crippen molar-refractivity contribution in [1.82, 2.24) is 5.32 Å². The van der Waals surface area contributed by atoms with E-state index in [1.165, 1.54) is 11.1 Å². The minimum Gasteiger partial charge on any atom is -0.395 e. The van der Waals surface area contributed by atoms with Crippen LogP contribution in [0.15, 0.2) is 24.3 Å². The summed E-state index contributed by atoms with van der Waals surface area (Å²) in [5.74, 6) is 0.196. The van der Waals surface area contributed by atoms with Crippen LogP contribution in [0.1, 0.15) is 30.4 Å². The number of hydrogen-bond donors (Lipinski definition) is 2. The Morgan fingerprint density at radius 1 is 1.38 bits per heavy atom. The van der Waals surface area contributed by atoms with E-state index in [4.69, 9.17) is 5.11 Å².